The maximum Gasteiger partial charge on any atom is 0.407 e. The van der Waals surface area contributed by atoms with E-state index >= 15 is 0 Å². The van der Waals surface area contributed by atoms with Gasteiger partial charge in [0.1, 0.15) is 6.61 Å². The van der Waals surface area contributed by atoms with E-state index in [1.165, 1.54) is 17.0 Å². The van der Waals surface area contributed by atoms with Crippen molar-refractivity contribution in [3.63, 3.8) is 0 Å². The lowest BCUT2D eigenvalue weighted by Gasteiger charge is -2.39. The fraction of sp³-hybridized carbons (Fsp3) is 0.263. The van der Waals surface area contributed by atoms with Crippen LogP contribution in [0.2, 0.25) is 0 Å². The molecule has 1 N–H and O–H groups in total. The van der Waals surface area contributed by atoms with Crippen LogP contribution in [0.25, 0.3) is 0 Å². The van der Waals surface area contributed by atoms with Crippen molar-refractivity contribution >= 4 is 12.0 Å². The second-order valence-electron chi connectivity index (χ2n) is 6.09. The summed E-state index contributed by atoms with van der Waals surface area (Å²) in [5, 5.41) is 2.67. The molecule has 5 nitrogen and oxygen atoms in total. The summed E-state index contributed by atoms with van der Waals surface area (Å²) in [5.41, 5.74) is 0.902. The van der Waals surface area contributed by atoms with E-state index in [4.69, 9.17) is 4.74 Å². The molecule has 0 aromatic heterocycles. The Bertz CT molecular complexity index is 793. The molecule has 1 fully saturated rings. The molecular formula is C19H18F2N2O3. The van der Waals surface area contributed by atoms with Gasteiger partial charge in [-0.05, 0) is 11.6 Å². The topological polar surface area (TPSA) is 58.6 Å². The summed E-state index contributed by atoms with van der Waals surface area (Å²) in [5.74, 6) is -2.29. The Labute approximate surface area is 149 Å². The number of alkyl carbamates (subject to hydrolysis) is 1. The summed E-state index contributed by atoms with van der Waals surface area (Å²) >= 11 is 0. The third-order valence-electron chi connectivity index (χ3n) is 4.14. The molecule has 0 aliphatic carbocycles. The van der Waals surface area contributed by atoms with Crippen molar-refractivity contribution in [3.05, 3.63) is 71.3 Å². The standard InChI is InChI=1S/C19H18F2N2O3/c20-16-8-4-7-14(18(16)21)9-17(24)23-10-15(11-23)22-19(25)26-12-13-5-2-1-3-6-13/h1-8,15H,9-12H2,(H,22,25). The third kappa shape index (κ3) is 4.36. The van der Waals surface area contributed by atoms with Gasteiger partial charge in [-0.15, -0.1) is 0 Å². The largest absolute Gasteiger partial charge is 0.445 e. The lowest BCUT2D eigenvalue weighted by Crippen LogP contribution is -2.61. The molecule has 1 heterocycles. The first kappa shape index (κ1) is 17.8. The smallest absolute Gasteiger partial charge is 0.407 e. The fourth-order valence-corrected chi connectivity index (χ4v) is 2.66. The van der Waals surface area contributed by atoms with Crippen LogP contribution in [-0.4, -0.2) is 36.0 Å². The molecule has 0 spiro atoms. The number of ether oxygens (including phenoxy) is 1. The minimum Gasteiger partial charge on any atom is -0.445 e. The Balaban J connectivity index is 1.40. The molecule has 136 valence electrons. The summed E-state index contributed by atoms with van der Waals surface area (Å²) in [6.45, 7) is 0.799. The van der Waals surface area contributed by atoms with Crippen LogP contribution in [0.1, 0.15) is 11.1 Å². The molecule has 0 radical (unpaired) electrons. The number of halogens is 2. The zero-order valence-electron chi connectivity index (χ0n) is 14.0. The minimum atomic E-state index is -1.000. The monoisotopic (exact) mass is 360 g/mol. The Morgan fingerprint density at radius 3 is 2.54 bits per heavy atom. The van der Waals surface area contributed by atoms with Crippen LogP contribution in [0, 0.1) is 11.6 Å². The van der Waals surface area contributed by atoms with Crippen molar-refractivity contribution in [1.29, 1.82) is 0 Å². The van der Waals surface area contributed by atoms with Gasteiger partial charge >= 0.3 is 6.09 Å². The molecule has 1 aliphatic heterocycles. The quantitative estimate of drug-likeness (QED) is 0.892. The van der Waals surface area contributed by atoms with Gasteiger partial charge in [0.05, 0.1) is 12.5 Å². The average molecular weight is 360 g/mol. The third-order valence-corrected chi connectivity index (χ3v) is 4.14. The van der Waals surface area contributed by atoms with Gasteiger partial charge < -0.3 is 15.0 Å². The second kappa shape index (κ2) is 7.95. The van der Waals surface area contributed by atoms with Crippen molar-refractivity contribution in [1.82, 2.24) is 10.2 Å². The fourth-order valence-electron chi connectivity index (χ4n) is 2.66. The van der Waals surface area contributed by atoms with Crippen LogP contribution in [-0.2, 0) is 22.6 Å². The number of amides is 2. The van der Waals surface area contributed by atoms with Crippen LogP contribution in [0.3, 0.4) is 0 Å². The highest BCUT2D eigenvalue weighted by molar-refractivity contribution is 5.80. The van der Waals surface area contributed by atoms with E-state index in [1.54, 1.807) is 0 Å². The number of nitrogens with one attached hydrogen (secondary N) is 1. The number of benzene rings is 2. The lowest BCUT2D eigenvalue weighted by atomic mass is 10.1. The molecule has 0 unspecified atom stereocenters. The van der Waals surface area contributed by atoms with E-state index in [1.807, 2.05) is 30.3 Å². The second-order valence-corrected chi connectivity index (χ2v) is 6.09. The number of likely N-dealkylation sites (tertiary alicyclic amines) is 1. The Kier molecular flexibility index (Phi) is 5.46. The molecule has 7 heteroatoms. The zero-order chi connectivity index (χ0) is 18.5. The first-order chi connectivity index (χ1) is 12.5. The highest BCUT2D eigenvalue weighted by Gasteiger charge is 2.32. The molecule has 2 aromatic rings. The Hall–Kier alpha value is -2.96. The predicted molar refractivity (Wildman–Crippen MR) is 90.2 cm³/mol. The van der Waals surface area contributed by atoms with Crippen molar-refractivity contribution in [2.24, 2.45) is 0 Å². The molecule has 0 atom stereocenters. The summed E-state index contributed by atoms with van der Waals surface area (Å²) in [6.07, 6.45) is -0.767. The van der Waals surface area contributed by atoms with E-state index in [0.717, 1.165) is 11.6 Å². The number of carbonyl (C=O) groups is 2. The molecular weight excluding hydrogens is 342 g/mol. The van der Waals surface area contributed by atoms with Crippen molar-refractivity contribution in [2.45, 2.75) is 19.1 Å². The molecule has 1 saturated heterocycles. The number of carbonyl (C=O) groups excluding carboxylic acids is 2. The molecule has 1 aliphatic rings. The highest BCUT2D eigenvalue weighted by atomic mass is 19.2. The number of hydrogen-bond acceptors (Lipinski definition) is 3. The molecule has 2 aromatic carbocycles. The van der Waals surface area contributed by atoms with Crippen molar-refractivity contribution in [3.8, 4) is 0 Å². The normalized spacial score (nSPS) is 13.8. The lowest BCUT2D eigenvalue weighted by molar-refractivity contribution is -0.135. The van der Waals surface area contributed by atoms with Gasteiger partial charge in [-0.2, -0.15) is 0 Å². The summed E-state index contributed by atoms with van der Waals surface area (Å²) in [7, 11) is 0. The van der Waals surface area contributed by atoms with Gasteiger partial charge in [-0.25, -0.2) is 13.6 Å². The molecule has 3 rings (SSSR count). The zero-order valence-corrected chi connectivity index (χ0v) is 14.0. The molecule has 0 saturated carbocycles. The van der Waals surface area contributed by atoms with Crippen LogP contribution < -0.4 is 5.32 Å². The first-order valence-corrected chi connectivity index (χ1v) is 8.21. The van der Waals surface area contributed by atoms with Gasteiger partial charge in [0.2, 0.25) is 5.91 Å². The summed E-state index contributed by atoms with van der Waals surface area (Å²) < 4.78 is 31.9. The number of hydrogen-bond donors (Lipinski definition) is 1. The highest BCUT2D eigenvalue weighted by Crippen LogP contribution is 2.16. The van der Waals surface area contributed by atoms with Gasteiger partial charge in [0.25, 0.3) is 0 Å². The average Bonchev–Trinajstić information content (AvgIpc) is 2.60. The summed E-state index contributed by atoms with van der Waals surface area (Å²) in [6, 6.07) is 12.8. The predicted octanol–water partition coefficient (Wildman–Crippen LogP) is 2.64. The van der Waals surface area contributed by atoms with Gasteiger partial charge in [0.15, 0.2) is 11.6 Å². The Morgan fingerprint density at radius 2 is 1.81 bits per heavy atom. The van der Waals surface area contributed by atoms with Gasteiger partial charge in [0, 0.05) is 18.7 Å². The van der Waals surface area contributed by atoms with Gasteiger partial charge in [-0.3, -0.25) is 4.79 Å². The number of rotatable bonds is 5. The van der Waals surface area contributed by atoms with E-state index in [-0.39, 0.29) is 30.5 Å². The number of nitrogens with zero attached hydrogens (tertiary/aromatic N) is 1. The van der Waals surface area contributed by atoms with Crippen LogP contribution >= 0.6 is 0 Å². The Morgan fingerprint density at radius 1 is 1.08 bits per heavy atom. The van der Waals surface area contributed by atoms with Crippen LogP contribution in [0.4, 0.5) is 13.6 Å². The maximum atomic E-state index is 13.6. The minimum absolute atomic E-state index is 0.0219. The molecule has 2 amide bonds. The van der Waals surface area contributed by atoms with E-state index in [2.05, 4.69) is 5.32 Å². The van der Waals surface area contributed by atoms with Gasteiger partial charge in [-0.1, -0.05) is 42.5 Å². The first-order valence-electron chi connectivity index (χ1n) is 8.21. The van der Waals surface area contributed by atoms with Crippen LogP contribution in [0.5, 0.6) is 0 Å². The van der Waals surface area contributed by atoms with E-state index < -0.39 is 17.7 Å². The van der Waals surface area contributed by atoms with Crippen molar-refractivity contribution in [2.75, 3.05) is 13.1 Å². The molecule has 0 bridgehead atoms. The van der Waals surface area contributed by atoms with E-state index in [9.17, 15) is 18.4 Å². The molecule has 26 heavy (non-hydrogen) atoms. The van der Waals surface area contributed by atoms with E-state index in [0.29, 0.717) is 13.1 Å². The van der Waals surface area contributed by atoms with Crippen molar-refractivity contribution < 1.29 is 23.1 Å². The summed E-state index contributed by atoms with van der Waals surface area (Å²) in [4.78, 5) is 25.3. The maximum absolute atomic E-state index is 13.6. The SMILES string of the molecule is O=C(NC1CN(C(=O)Cc2cccc(F)c2F)C1)OCc1ccccc1. The van der Waals surface area contributed by atoms with Crippen LogP contribution in [0.15, 0.2) is 48.5 Å².